The number of methoxy groups -OCH3 is 2. The summed E-state index contributed by atoms with van der Waals surface area (Å²) in [6.45, 7) is 0. The van der Waals surface area contributed by atoms with Gasteiger partial charge in [0.1, 0.15) is 17.4 Å². The lowest BCUT2D eigenvalue weighted by molar-refractivity contribution is 0.0597. The fourth-order valence-corrected chi connectivity index (χ4v) is 2.25. The van der Waals surface area contributed by atoms with E-state index in [9.17, 15) is 4.79 Å². The number of halogens is 1. The molecule has 1 aromatic carbocycles. The lowest BCUT2D eigenvalue weighted by atomic mass is 10.1. The first kappa shape index (κ1) is 12.6. The molecule has 3 aromatic rings. The van der Waals surface area contributed by atoms with E-state index in [0.717, 1.165) is 0 Å². The minimum atomic E-state index is -0.509. The van der Waals surface area contributed by atoms with Gasteiger partial charge < -0.3 is 9.47 Å². The van der Waals surface area contributed by atoms with Crippen molar-refractivity contribution in [1.29, 1.82) is 0 Å². The first-order valence-corrected chi connectivity index (χ1v) is 5.99. The zero-order valence-corrected chi connectivity index (χ0v) is 11.4. The first-order chi connectivity index (χ1) is 9.67. The molecule has 0 saturated heterocycles. The van der Waals surface area contributed by atoms with E-state index in [-0.39, 0.29) is 10.7 Å². The fourth-order valence-electron chi connectivity index (χ4n) is 2.04. The molecule has 0 spiro atoms. The van der Waals surface area contributed by atoms with Crippen molar-refractivity contribution in [3.8, 4) is 5.75 Å². The number of carbonyl (C=O) groups is 1. The van der Waals surface area contributed by atoms with Gasteiger partial charge in [-0.25, -0.2) is 9.78 Å². The van der Waals surface area contributed by atoms with Gasteiger partial charge in [0.2, 0.25) is 0 Å². The number of hydrogen-bond acceptors (Lipinski definition) is 6. The molecule has 0 amide bonds. The third-order valence-electron chi connectivity index (χ3n) is 2.92. The summed E-state index contributed by atoms with van der Waals surface area (Å²) >= 11 is 6.07. The Bertz CT molecular complexity index is 830. The van der Waals surface area contributed by atoms with Crippen LogP contribution in [-0.4, -0.2) is 39.8 Å². The number of hydrogen-bond donors (Lipinski definition) is 0. The molecule has 0 saturated carbocycles. The minimum absolute atomic E-state index is 0.176. The molecule has 0 aliphatic carbocycles. The van der Waals surface area contributed by atoms with Gasteiger partial charge in [0.25, 0.3) is 0 Å². The molecule has 0 N–H and O–H groups in total. The van der Waals surface area contributed by atoms with Crippen LogP contribution < -0.4 is 4.74 Å². The molecule has 3 rings (SSSR count). The van der Waals surface area contributed by atoms with Gasteiger partial charge in [-0.1, -0.05) is 11.6 Å². The summed E-state index contributed by atoms with van der Waals surface area (Å²) < 4.78 is 11.7. The summed E-state index contributed by atoms with van der Waals surface area (Å²) in [5.74, 6) is -0.211. The standard InChI is InChI=1S/C12H9ClN4O3/c1-19-9-6(12(18)20-2)3-4-7-8(9)15-10(13)11-16-14-5-17(7)11/h3-5H,1-2H3. The number of aromatic nitrogens is 4. The fraction of sp³-hybridized carbons (Fsp3) is 0.167. The van der Waals surface area contributed by atoms with E-state index in [1.54, 1.807) is 16.5 Å². The van der Waals surface area contributed by atoms with Crippen molar-refractivity contribution in [2.45, 2.75) is 0 Å². The third-order valence-corrected chi connectivity index (χ3v) is 3.17. The highest BCUT2D eigenvalue weighted by Crippen LogP contribution is 2.31. The number of nitrogens with zero attached hydrogens (tertiary/aromatic N) is 4. The highest BCUT2D eigenvalue weighted by Gasteiger charge is 2.19. The lowest BCUT2D eigenvalue weighted by Crippen LogP contribution is -2.06. The van der Waals surface area contributed by atoms with Crippen LogP contribution in [0.25, 0.3) is 16.7 Å². The molecular weight excluding hydrogens is 284 g/mol. The minimum Gasteiger partial charge on any atom is -0.493 e. The molecular formula is C12H9ClN4O3. The molecule has 2 aromatic heterocycles. The van der Waals surface area contributed by atoms with Gasteiger partial charge in [-0.05, 0) is 12.1 Å². The average Bonchev–Trinajstić information content (AvgIpc) is 2.95. The molecule has 20 heavy (non-hydrogen) atoms. The van der Waals surface area contributed by atoms with E-state index < -0.39 is 5.97 Å². The van der Waals surface area contributed by atoms with Crippen LogP contribution in [-0.2, 0) is 4.74 Å². The molecule has 0 unspecified atom stereocenters. The highest BCUT2D eigenvalue weighted by molar-refractivity contribution is 6.32. The maximum atomic E-state index is 11.7. The van der Waals surface area contributed by atoms with Gasteiger partial charge in [0, 0.05) is 0 Å². The predicted molar refractivity (Wildman–Crippen MR) is 71.2 cm³/mol. The Morgan fingerprint density at radius 1 is 1.35 bits per heavy atom. The topological polar surface area (TPSA) is 78.6 Å². The van der Waals surface area contributed by atoms with Crippen LogP contribution in [0.1, 0.15) is 10.4 Å². The van der Waals surface area contributed by atoms with Crippen molar-refractivity contribution >= 4 is 34.3 Å². The quantitative estimate of drug-likeness (QED) is 0.669. The van der Waals surface area contributed by atoms with Gasteiger partial charge in [-0.3, -0.25) is 4.40 Å². The van der Waals surface area contributed by atoms with Crippen molar-refractivity contribution in [2.75, 3.05) is 14.2 Å². The Morgan fingerprint density at radius 2 is 2.15 bits per heavy atom. The summed E-state index contributed by atoms with van der Waals surface area (Å²) in [5.41, 5.74) is 1.83. The third kappa shape index (κ3) is 1.67. The molecule has 0 fully saturated rings. The van der Waals surface area contributed by atoms with Crippen LogP contribution in [0.5, 0.6) is 5.75 Å². The van der Waals surface area contributed by atoms with E-state index in [0.29, 0.717) is 22.4 Å². The van der Waals surface area contributed by atoms with Gasteiger partial charge in [0.15, 0.2) is 16.5 Å². The van der Waals surface area contributed by atoms with Crippen LogP contribution in [0.15, 0.2) is 18.5 Å². The average molecular weight is 293 g/mol. The Hall–Kier alpha value is -2.41. The summed E-state index contributed by atoms with van der Waals surface area (Å²) in [4.78, 5) is 16.0. The molecule has 8 heteroatoms. The molecule has 0 radical (unpaired) electrons. The maximum Gasteiger partial charge on any atom is 0.341 e. The Labute approximate surface area is 118 Å². The van der Waals surface area contributed by atoms with Gasteiger partial charge in [0.05, 0.1) is 19.7 Å². The number of esters is 1. The smallest absolute Gasteiger partial charge is 0.341 e. The molecule has 7 nitrogen and oxygen atoms in total. The van der Waals surface area contributed by atoms with Crippen LogP contribution in [0.3, 0.4) is 0 Å². The van der Waals surface area contributed by atoms with Crippen molar-refractivity contribution in [3.63, 3.8) is 0 Å². The van der Waals surface area contributed by atoms with Crippen LogP contribution in [0.2, 0.25) is 5.15 Å². The number of carbonyl (C=O) groups excluding carboxylic acids is 1. The molecule has 0 bridgehead atoms. The van der Waals surface area contributed by atoms with Gasteiger partial charge in [-0.15, -0.1) is 10.2 Å². The normalized spacial score (nSPS) is 10.9. The number of fused-ring (bicyclic) bond motifs is 3. The zero-order chi connectivity index (χ0) is 14.3. The Balaban J connectivity index is 2.45. The number of rotatable bonds is 2. The summed E-state index contributed by atoms with van der Waals surface area (Å²) in [6, 6.07) is 3.31. The van der Waals surface area contributed by atoms with E-state index in [1.807, 2.05) is 0 Å². The highest BCUT2D eigenvalue weighted by atomic mass is 35.5. The second kappa shape index (κ2) is 4.61. The van der Waals surface area contributed by atoms with Crippen LogP contribution >= 0.6 is 11.6 Å². The number of benzene rings is 1. The second-order valence-electron chi connectivity index (χ2n) is 3.93. The summed E-state index contributed by atoms with van der Waals surface area (Å²) in [5, 5.41) is 7.86. The molecule has 0 aliphatic rings. The number of ether oxygens (including phenoxy) is 2. The molecule has 0 atom stereocenters. The Morgan fingerprint density at radius 3 is 2.85 bits per heavy atom. The lowest BCUT2D eigenvalue weighted by Gasteiger charge is -2.10. The van der Waals surface area contributed by atoms with Crippen molar-refractivity contribution in [1.82, 2.24) is 19.6 Å². The largest absolute Gasteiger partial charge is 0.493 e. The van der Waals surface area contributed by atoms with Crippen LogP contribution in [0.4, 0.5) is 0 Å². The van der Waals surface area contributed by atoms with Crippen molar-refractivity contribution < 1.29 is 14.3 Å². The van der Waals surface area contributed by atoms with E-state index >= 15 is 0 Å². The second-order valence-corrected chi connectivity index (χ2v) is 4.29. The van der Waals surface area contributed by atoms with Gasteiger partial charge >= 0.3 is 5.97 Å². The molecule has 102 valence electrons. The summed E-state index contributed by atoms with van der Waals surface area (Å²) in [6.07, 6.45) is 1.52. The zero-order valence-electron chi connectivity index (χ0n) is 10.6. The van der Waals surface area contributed by atoms with E-state index in [1.165, 1.54) is 20.5 Å². The first-order valence-electron chi connectivity index (χ1n) is 5.61. The SMILES string of the molecule is COC(=O)c1ccc2c(nc(Cl)c3nncn32)c1OC. The van der Waals surface area contributed by atoms with Crippen molar-refractivity contribution in [3.05, 3.63) is 29.2 Å². The Kier molecular flexibility index (Phi) is 2.90. The van der Waals surface area contributed by atoms with E-state index in [4.69, 9.17) is 21.1 Å². The maximum absolute atomic E-state index is 11.7. The molecule has 0 aliphatic heterocycles. The van der Waals surface area contributed by atoms with E-state index in [2.05, 4.69) is 15.2 Å². The summed E-state index contributed by atoms with van der Waals surface area (Å²) in [7, 11) is 2.75. The van der Waals surface area contributed by atoms with Gasteiger partial charge in [-0.2, -0.15) is 0 Å². The van der Waals surface area contributed by atoms with Crippen LogP contribution in [0, 0.1) is 0 Å². The molecule has 2 heterocycles. The van der Waals surface area contributed by atoms with Crippen molar-refractivity contribution in [2.24, 2.45) is 0 Å². The predicted octanol–water partition coefficient (Wildman–Crippen LogP) is 1.73. The monoisotopic (exact) mass is 292 g/mol.